The number of carbonyl (C=O) groups excluding carboxylic acids is 4. The van der Waals surface area contributed by atoms with E-state index in [1.165, 1.54) is 23.1 Å². The highest BCUT2D eigenvalue weighted by molar-refractivity contribution is 7.98. The van der Waals surface area contributed by atoms with Crippen LogP contribution in [-0.4, -0.2) is 79.9 Å². The highest BCUT2D eigenvalue weighted by Crippen LogP contribution is 2.39. The number of aryl methyl sites for hydroxylation is 1. The molecule has 0 unspecified atom stereocenters. The topological polar surface area (TPSA) is 148 Å². The van der Waals surface area contributed by atoms with Gasteiger partial charge in [0.25, 0.3) is 0 Å². The van der Waals surface area contributed by atoms with E-state index < -0.39 is 44.6 Å². The Morgan fingerprint density at radius 3 is 2.04 bits per heavy atom. The molecule has 0 fully saturated rings. The van der Waals surface area contributed by atoms with Gasteiger partial charge in [0.1, 0.15) is 23.7 Å². The van der Waals surface area contributed by atoms with E-state index in [1.54, 1.807) is 0 Å². The van der Waals surface area contributed by atoms with E-state index >= 15 is 0 Å². The summed E-state index contributed by atoms with van der Waals surface area (Å²) in [6.45, 7) is 27.1. The number of nitrogens with zero attached hydrogens (tertiary/aromatic N) is 1. The van der Waals surface area contributed by atoms with Crippen molar-refractivity contribution in [1.29, 1.82) is 0 Å². The van der Waals surface area contributed by atoms with Crippen LogP contribution in [0.3, 0.4) is 0 Å². The molecule has 1 heterocycles. The number of amides is 4. The largest absolute Gasteiger partial charge is 0.442 e. The van der Waals surface area contributed by atoms with Crippen LogP contribution in [0.25, 0.3) is 0 Å². The van der Waals surface area contributed by atoms with Gasteiger partial charge in [-0.05, 0) is 61.9 Å². The second-order valence-corrected chi connectivity index (χ2v) is 22.4. The van der Waals surface area contributed by atoms with Crippen LogP contribution in [-0.2, 0) is 30.2 Å². The molecule has 282 valence electrons. The first-order valence-corrected chi connectivity index (χ1v) is 22.7. The van der Waals surface area contributed by atoms with E-state index in [2.05, 4.69) is 74.0 Å². The van der Waals surface area contributed by atoms with E-state index in [0.29, 0.717) is 30.1 Å². The van der Waals surface area contributed by atoms with E-state index in [9.17, 15) is 19.2 Å². The molecule has 14 heteroatoms. The minimum Gasteiger partial charge on any atom is -0.442 e. The van der Waals surface area contributed by atoms with Gasteiger partial charge in [0.15, 0.2) is 8.32 Å². The average Bonchev–Trinajstić information content (AvgIpc) is 3.40. The van der Waals surface area contributed by atoms with E-state index in [-0.39, 0.29) is 47.1 Å². The normalized spacial score (nSPS) is 15.4. The number of nitrogens with one attached hydrogen (secondary N) is 4. The number of aromatic nitrogens is 1. The summed E-state index contributed by atoms with van der Waals surface area (Å²) in [6.07, 6.45) is 1.62. The Balaban J connectivity index is 3.28. The Labute approximate surface area is 305 Å². The summed E-state index contributed by atoms with van der Waals surface area (Å²) < 4.78 is 12.4. The van der Waals surface area contributed by atoms with Gasteiger partial charge in [0, 0.05) is 29.3 Å². The molecule has 1 rings (SSSR count). The Bertz CT molecular complexity index is 1200. The lowest BCUT2D eigenvalue weighted by atomic mass is 9.91. The molecule has 11 nitrogen and oxygen atoms in total. The van der Waals surface area contributed by atoms with Crippen LogP contribution in [0.4, 0.5) is 4.79 Å². The van der Waals surface area contributed by atoms with Crippen molar-refractivity contribution in [1.82, 2.24) is 26.3 Å². The van der Waals surface area contributed by atoms with Crippen LogP contribution >= 0.6 is 23.1 Å². The average molecular weight is 744 g/mol. The van der Waals surface area contributed by atoms with Crippen molar-refractivity contribution in [2.24, 2.45) is 23.7 Å². The molecule has 0 bridgehead atoms. The van der Waals surface area contributed by atoms with E-state index in [4.69, 9.17) is 9.16 Å². The molecule has 5 atom stereocenters. The summed E-state index contributed by atoms with van der Waals surface area (Å²) in [5, 5.41) is 14.3. The lowest BCUT2D eigenvalue weighted by Crippen LogP contribution is -2.57. The van der Waals surface area contributed by atoms with Crippen molar-refractivity contribution >= 4 is 55.2 Å². The quantitative estimate of drug-likeness (QED) is 0.114. The summed E-state index contributed by atoms with van der Waals surface area (Å²) in [7, 11) is -2.38. The molecule has 0 radical (unpaired) electrons. The minimum atomic E-state index is -2.38. The molecule has 0 aliphatic rings. The zero-order valence-electron chi connectivity index (χ0n) is 32.4. The van der Waals surface area contributed by atoms with Crippen LogP contribution in [0.2, 0.25) is 18.1 Å². The standard InChI is InChI=1S/C35H65N5O6S2Si/c1-21(2)15-26(38-32(42)27(20-47-12)39-34(44)45-18-29-37-25(8)19-48-29)28(46-49(13,14)35(9,10)11)16-24(7)31(41)40-30(23(5)6)33(43)36-17-22(3)4/h19,21-24,26-28,30H,15-18,20H2,1-14H3,(H,36,43)(H,38,42)(H,39,44)(H,40,41)/t24-,26+,27+,28-,30+/m1/s1. The summed E-state index contributed by atoms with van der Waals surface area (Å²) >= 11 is 2.85. The van der Waals surface area contributed by atoms with Crippen LogP contribution in [0.15, 0.2) is 5.38 Å². The zero-order chi connectivity index (χ0) is 37.7. The Hall–Kier alpha value is -2.16. The maximum atomic E-state index is 13.9. The van der Waals surface area contributed by atoms with Gasteiger partial charge in [-0.1, -0.05) is 69.2 Å². The molecule has 0 saturated carbocycles. The Kier molecular flexibility index (Phi) is 18.9. The second-order valence-electron chi connectivity index (χ2n) is 15.8. The van der Waals surface area contributed by atoms with Gasteiger partial charge in [-0.2, -0.15) is 11.8 Å². The number of carbonyl (C=O) groups is 4. The van der Waals surface area contributed by atoms with Crippen LogP contribution in [0, 0.1) is 30.6 Å². The van der Waals surface area contributed by atoms with Gasteiger partial charge in [-0.3, -0.25) is 14.4 Å². The molecule has 0 spiro atoms. The van der Waals surface area contributed by atoms with Crippen molar-refractivity contribution < 1.29 is 28.3 Å². The van der Waals surface area contributed by atoms with Gasteiger partial charge < -0.3 is 30.4 Å². The number of alkyl carbamates (subject to hydrolysis) is 1. The number of hydrogen-bond donors (Lipinski definition) is 4. The maximum absolute atomic E-state index is 13.9. The van der Waals surface area contributed by atoms with E-state index in [0.717, 1.165) is 5.69 Å². The summed E-state index contributed by atoms with van der Waals surface area (Å²) in [6, 6.07) is -1.95. The highest BCUT2D eigenvalue weighted by Gasteiger charge is 2.42. The monoisotopic (exact) mass is 743 g/mol. The third-order valence-corrected chi connectivity index (χ3v) is 14.8. The van der Waals surface area contributed by atoms with Crippen molar-refractivity contribution in [3.8, 4) is 0 Å². The summed E-state index contributed by atoms with van der Waals surface area (Å²) in [5.74, 6) is -0.560. The first kappa shape index (κ1) is 44.9. The Morgan fingerprint density at radius 1 is 0.918 bits per heavy atom. The van der Waals surface area contributed by atoms with Crippen molar-refractivity contribution in [2.45, 2.75) is 138 Å². The maximum Gasteiger partial charge on any atom is 0.408 e. The lowest BCUT2D eigenvalue weighted by Gasteiger charge is -2.43. The molecule has 49 heavy (non-hydrogen) atoms. The Morgan fingerprint density at radius 2 is 1.55 bits per heavy atom. The molecule has 1 aromatic heterocycles. The van der Waals surface area contributed by atoms with Crippen LogP contribution in [0.1, 0.15) is 92.8 Å². The SMILES string of the molecule is CSC[C@H](NC(=O)OCc1nc(C)cs1)C(=O)N[C@@H](CC(C)C)[C@@H](C[C@@H](C)C(=O)N[C@H](C(=O)NCC(C)C)C(C)C)O[Si](C)(C)C(C)(C)C. The predicted molar refractivity (Wildman–Crippen MR) is 204 cm³/mol. The third-order valence-electron chi connectivity index (χ3n) is 8.65. The van der Waals surface area contributed by atoms with Gasteiger partial charge in [0.2, 0.25) is 17.7 Å². The molecule has 0 saturated heterocycles. The molecular weight excluding hydrogens is 679 g/mol. The highest BCUT2D eigenvalue weighted by atomic mass is 32.2. The van der Waals surface area contributed by atoms with Crippen LogP contribution < -0.4 is 21.3 Å². The fourth-order valence-electron chi connectivity index (χ4n) is 4.77. The number of ether oxygens (including phenoxy) is 1. The van der Waals surface area contributed by atoms with E-state index in [1.807, 2.05) is 53.2 Å². The first-order valence-electron chi connectivity index (χ1n) is 17.5. The molecule has 0 aliphatic heterocycles. The van der Waals surface area contributed by atoms with Gasteiger partial charge in [-0.25, -0.2) is 9.78 Å². The smallest absolute Gasteiger partial charge is 0.408 e. The summed E-state index contributed by atoms with van der Waals surface area (Å²) in [4.78, 5) is 57.6. The number of rotatable bonds is 20. The van der Waals surface area contributed by atoms with Gasteiger partial charge in [-0.15, -0.1) is 11.3 Å². The fraction of sp³-hybridized carbons (Fsp3) is 0.800. The van der Waals surface area contributed by atoms with Crippen molar-refractivity contribution in [3.63, 3.8) is 0 Å². The number of thioether (sulfide) groups is 1. The molecular formula is C35H65N5O6S2Si. The number of thiazole rings is 1. The predicted octanol–water partition coefficient (Wildman–Crippen LogP) is 6.27. The molecule has 0 aliphatic carbocycles. The van der Waals surface area contributed by atoms with Crippen LogP contribution in [0.5, 0.6) is 0 Å². The molecule has 4 N–H and O–H groups in total. The molecule has 1 aromatic rings. The fourth-order valence-corrected chi connectivity index (χ4v) is 7.40. The van der Waals surface area contributed by atoms with Gasteiger partial charge in [0.05, 0.1) is 12.1 Å². The second kappa shape index (κ2) is 20.6. The number of hydrogen-bond acceptors (Lipinski definition) is 9. The van der Waals surface area contributed by atoms with Crippen molar-refractivity contribution in [3.05, 3.63) is 16.1 Å². The van der Waals surface area contributed by atoms with Gasteiger partial charge >= 0.3 is 6.09 Å². The summed E-state index contributed by atoms with van der Waals surface area (Å²) in [5.41, 5.74) is 0.855. The zero-order valence-corrected chi connectivity index (χ0v) is 35.1. The molecule has 4 amide bonds. The third kappa shape index (κ3) is 16.2. The van der Waals surface area contributed by atoms with Crippen molar-refractivity contribution in [2.75, 3.05) is 18.6 Å². The minimum absolute atomic E-state index is 0.0212. The first-order chi connectivity index (χ1) is 22.6. The molecule has 0 aromatic carbocycles. The lowest BCUT2D eigenvalue weighted by molar-refractivity contribution is -0.132.